The van der Waals surface area contributed by atoms with E-state index in [1.54, 1.807) is 0 Å². The van der Waals surface area contributed by atoms with Crippen LogP contribution in [0, 0.1) is 0 Å². The minimum absolute atomic E-state index is 0.434. The van der Waals surface area contributed by atoms with E-state index in [1.165, 1.54) is 19.4 Å². The third-order valence-electron chi connectivity index (χ3n) is 4.70. The second-order valence-corrected chi connectivity index (χ2v) is 6.55. The van der Waals surface area contributed by atoms with Crippen molar-refractivity contribution in [3.8, 4) is 11.3 Å². The van der Waals surface area contributed by atoms with E-state index < -0.39 is 0 Å². The molecule has 0 spiro atoms. The summed E-state index contributed by atoms with van der Waals surface area (Å²) < 4.78 is 0. The average Bonchev–Trinajstić information content (AvgIpc) is 2.63. The van der Waals surface area contributed by atoms with Crippen LogP contribution >= 0.6 is 0 Å². The number of hydrogen-bond donors (Lipinski definition) is 1. The number of likely N-dealkylation sites (tertiary alicyclic amines) is 1. The van der Waals surface area contributed by atoms with E-state index >= 15 is 0 Å². The molecule has 2 aromatic carbocycles. The van der Waals surface area contributed by atoms with E-state index in [-0.39, 0.29) is 0 Å². The first-order chi connectivity index (χ1) is 11.8. The van der Waals surface area contributed by atoms with Gasteiger partial charge in [0, 0.05) is 28.9 Å². The van der Waals surface area contributed by atoms with Gasteiger partial charge in [0.1, 0.15) is 5.69 Å². The normalized spacial score (nSPS) is 18.6. The number of benzene rings is 2. The number of piperidine rings is 1. The van der Waals surface area contributed by atoms with Crippen molar-refractivity contribution in [3.05, 3.63) is 54.6 Å². The molecular weight excluding hydrogens is 296 g/mol. The minimum Gasteiger partial charge on any atom is -0.364 e. The standard InChI is InChI=1S/C20H22N4/c1-24-13-7-10-16(14-24)21-20-18-12-6-5-11-17(18)19(22-23-20)15-8-3-2-4-9-15/h2-6,8-9,11-12,16H,7,10,13-14H2,1H3,(H,21,23). The van der Waals surface area contributed by atoms with Crippen LogP contribution in [-0.2, 0) is 0 Å². The van der Waals surface area contributed by atoms with Gasteiger partial charge in [-0.3, -0.25) is 0 Å². The molecule has 0 radical (unpaired) electrons. The lowest BCUT2D eigenvalue weighted by Crippen LogP contribution is -2.40. The number of anilines is 1. The highest BCUT2D eigenvalue weighted by molar-refractivity contribution is 6.00. The van der Waals surface area contributed by atoms with Crippen LogP contribution in [0.15, 0.2) is 54.6 Å². The molecule has 0 amide bonds. The second kappa shape index (κ2) is 6.57. The van der Waals surface area contributed by atoms with Crippen molar-refractivity contribution in [2.45, 2.75) is 18.9 Å². The van der Waals surface area contributed by atoms with Crippen molar-refractivity contribution in [3.63, 3.8) is 0 Å². The van der Waals surface area contributed by atoms with Gasteiger partial charge in [0.15, 0.2) is 5.82 Å². The highest BCUT2D eigenvalue weighted by Gasteiger charge is 2.19. The molecule has 4 rings (SSSR count). The van der Waals surface area contributed by atoms with Crippen molar-refractivity contribution in [2.24, 2.45) is 0 Å². The molecule has 122 valence electrons. The van der Waals surface area contributed by atoms with Gasteiger partial charge >= 0.3 is 0 Å². The minimum atomic E-state index is 0.434. The maximum Gasteiger partial charge on any atom is 0.156 e. The highest BCUT2D eigenvalue weighted by atomic mass is 15.2. The van der Waals surface area contributed by atoms with Crippen LogP contribution in [0.1, 0.15) is 12.8 Å². The molecular formula is C20H22N4. The predicted molar refractivity (Wildman–Crippen MR) is 99.1 cm³/mol. The number of aromatic nitrogens is 2. The summed E-state index contributed by atoms with van der Waals surface area (Å²) in [5.74, 6) is 0.894. The predicted octanol–water partition coefficient (Wildman–Crippen LogP) is 3.80. The van der Waals surface area contributed by atoms with E-state index in [2.05, 4.69) is 63.9 Å². The third-order valence-corrected chi connectivity index (χ3v) is 4.70. The Morgan fingerprint density at radius 1 is 0.958 bits per heavy atom. The first-order valence-corrected chi connectivity index (χ1v) is 8.57. The molecule has 4 heteroatoms. The molecule has 1 aliphatic rings. The lowest BCUT2D eigenvalue weighted by atomic mass is 10.0. The molecule has 1 atom stereocenters. The van der Waals surface area contributed by atoms with Crippen molar-refractivity contribution in [2.75, 3.05) is 25.5 Å². The van der Waals surface area contributed by atoms with E-state index in [0.717, 1.165) is 34.4 Å². The van der Waals surface area contributed by atoms with Crippen LogP contribution in [0.25, 0.3) is 22.0 Å². The molecule has 0 aliphatic carbocycles. The van der Waals surface area contributed by atoms with Crippen molar-refractivity contribution in [1.82, 2.24) is 15.1 Å². The van der Waals surface area contributed by atoms with Gasteiger partial charge in [-0.25, -0.2) is 0 Å². The Balaban J connectivity index is 1.73. The summed E-state index contributed by atoms with van der Waals surface area (Å²) in [5, 5.41) is 15.0. The molecule has 24 heavy (non-hydrogen) atoms. The number of nitrogens with one attached hydrogen (secondary N) is 1. The number of fused-ring (bicyclic) bond motifs is 1. The highest BCUT2D eigenvalue weighted by Crippen LogP contribution is 2.30. The Morgan fingerprint density at radius 3 is 2.50 bits per heavy atom. The number of likely N-dealkylation sites (N-methyl/N-ethyl adjacent to an activating group) is 1. The zero-order valence-electron chi connectivity index (χ0n) is 13.9. The topological polar surface area (TPSA) is 41.0 Å². The number of nitrogens with zero attached hydrogens (tertiary/aromatic N) is 3. The van der Waals surface area contributed by atoms with Gasteiger partial charge < -0.3 is 10.2 Å². The fraction of sp³-hybridized carbons (Fsp3) is 0.300. The van der Waals surface area contributed by atoms with Gasteiger partial charge in [-0.15, -0.1) is 10.2 Å². The zero-order valence-corrected chi connectivity index (χ0v) is 13.9. The Hall–Kier alpha value is -2.46. The monoisotopic (exact) mass is 318 g/mol. The van der Waals surface area contributed by atoms with Gasteiger partial charge in [0.05, 0.1) is 0 Å². The summed E-state index contributed by atoms with van der Waals surface area (Å²) in [5.41, 5.74) is 2.04. The summed E-state index contributed by atoms with van der Waals surface area (Å²) in [6.07, 6.45) is 2.41. The van der Waals surface area contributed by atoms with E-state index in [4.69, 9.17) is 0 Å². The van der Waals surface area contributed by atoms with Crippen LogP contribution in [0.4, 0.5) is 5.82 Å². The van der Waals surface area contributed by atoms with Crippen LogP contribution < -0.4 is 5.32 Å². The maximum atomic E-state index is 4.54. The molecule has 3 aromatic rings. The Morgan fingerprint density at radius 2 is 1.71 bits per heavy atom. The Kier molecular flexibility index (Phi) is 4.13. The molecule has 2 heterocycles. The maximum absolute atomic E-state index is 4.54. The molecule has 1 aromatic heterocycles. The van der Waals surface area contributed by atoms with Crippen LogP contribution in [-0.4, -0.2) is 41.3 Å². The SMILES string of the molecule is CN1CCCC(Nc2nnc(-c3ccccc3)c3ccccc23)C1. The van der Waals surface area contributed by atoms with Crippen molar-refractivity contribution >= 4 is 16.6 Å². The Bertz CT molecular complexity index is 831. The summed E-state index contributed by atoms with van der Waals surface area (Å²) in [7, 11) is 2.18. The van der Waals surface area contributed by atoms with Gasteiger partial charge in [-0.2, -0.15) is 0 Å². The van der Waals surface area contributed by atoms with E-state index in [9.17, 15) is 0 Å². The molecule has 4 nitrogen and oxygen atoms in total. The number of hydrogen-bond acceptors (Lipinski definition) is 4. The second-order valence-electron chi connectivity index (χ2n) is 6.55. The smallest absolute Gasteiger partial charge is 0.156 e. The summed E-state index contributed by atoms with van der Waals surface area (Å²) in [6, 6.07) is 19.1. The molecule has 0 bridgehead atoms. The molecule has 1 fully saturated rings. The fourth-order valence-corrected chi connectivity index (χ4v) is 3.50. The average molecular weight is 318 g/mol. The molecule has 1 saturated heterocycles. The summed E-state index contributed by atoms with van der Waals surface area (Å²) in [6.45, 7) is 2.23. The fourth-order valence-electron chi connectivity index (χ4n) is 3.50. The number of rotatable bonds is 3. The summed E-state index contributed by atoms with van der Waals surface area (Å²) in [4.78, 5) is 2.37. The Labute approximate surface area is 142 Å². The largest absolute Gasteiger partial charge is 0.364 e. The lowest BCUT2D eigenvalue weighted by Gasteiger charge is -2.30. The first-order valence-electron chi connectivity index (χ1n) is 8.57. The molecule has 1 unspecified atom stereocenters. The quantitative estimate of drug-likeness (QED) is 0.797. The van der Waals surface area contributed by atoms with Gasteiger partial charge in [0.2, 0.25) is 0 Å². The van der Waals surface area contributed by atoms with Gasteiger partial charge in [-0.1, -0.05) is 54.6 Å². The summed E-state index contributed by atoms with van der Waals surface area (Å²) >= 11 is 0. The third kappa shape index (κ3) is 2.97. The molecule has 1 N–H and O–H groups in total. The van der Waals surface area contributed by atoms with Crippen molar-refractivity contribution in [1.29, 1.82) is 0 Å². The van der Waals surface area contributed by atoms with Gasteiger partial charge in [-0.05, 0) is 26.4 Å². The van der Waals surface area contributed by atoms with E-state index in [1.807, 2.05) is 18.2 Å². The van der Waals surface area contributed by atoms with Crippen LogP contribution in [0.3, 0.4) is 0 Å². The lowest BCUT2D eigenvalue weighted by molar-refractivity contribution is 0.261. The van der Waals surface area contributed by atoms with Gasteiger partial charge in [0.25, 0.3) is 0 Å². The van der Waals surface area contributed by atoms with Crippen LogP contribution in [0.5, 0.6) is 0 Å². The van der Waals surface area contributed by atoms with E-state index in [0.29, 0.717) is 6.04 Å². The molecule has 1 aliphatic heterocycles. The van der Waals surface area contributed by atoms with Crippen molar-refractivity contribution < 1.29 is 0 Å². The first kappa shape index (κ1) is 15.1. The molecule has 0 saturated carbocycles. The zero-order chi connectivity index (χ0) is 16.4. The van der Waals surface area contributed by atoms with Crippen LogP contribution in [0.2, 0.25) is 0 Å².